The second-order valence-electron chi connectivity index (χ2n) is 6.49. The standard InChI is InChI=1S/C22H26N4O3/c1-28-19-11-10-16(14-20(19)29-2)21-18(22(27)24-13-7-6-12-23)15-26(25-21)17-8-4-3-5-9-17/h3-5,8-11,14-15H,6-7,12-13,23H2,1-2H3,(H,24,27). The summed E-state index contributed by atoms with van der Waals surface area (Å²) in [4.78, 5) is 12.9. The van der Waals surface area contributed by atoms with Crippen molar-refractivity contribution in [1.29, 1.82) is 0 Å². The number of aromatic nitrogens is 2. The Morgan fingerprint density at radius 1 is 1.07 bits per heavy atom. The van der Waals surface area contributed by atoms with Crippen LogP contribution in [0.25, 0.3) is 16.9 Å². The van der Waals surface area contributed by atoms with E-state index in [9.17, 15) is 4.79 Å². The normalized spacial score (nSPS) is 10.6. The third-order valence-electron chi connectivity index (χ3n) is 4.55. The quantitative estimate of drug-likeness (QED) is 0.545. The maximum atomic E-state index is 12.9. The lowest BCUT2D eigenvalue weighted by Crippen LogP contribution is -2.25. The molecule has 29 heavy (non-hydrogen) atoms. The first-order valence-corrected chi connectivity index (χ1v) is 9.53. The second kappa shape index (κ2) is 9.75. The summed E-state index contributed by atoms with van der Waals surface area (Å²) < 4.78 is 12.4. The Labute approximate surface area is 170 Å². The first kappa shape index (κ1) is 20.4. The maximum Gasteiger partial charge on any atom is 0.255 e. The molecule has 0 saturated carbocycles. The van der Waals surface area contributed by atoms with Gasteiger partial charge >= 0.3 is 0 Å². The van der Waals surface area contributed by atoms with E-state index >= 15 is 0 Å². The lowest BCUT2D eigenvalue weighted by molar-refractivity contribution is 0.0953. The average Bonchev–Trinajstić information content (AvgIpc) is 3.22. The molecule has 1 aromatic heterocycles. The Bertz CT molecular complexity index is 954. The fourth-order valence-corrected chi connectivity index (χ4v) is 3.02. The predicted octanol–water partition coefficient (Wildman–Crippen LogP) is 3.03. The van der Waals surface area contributed by atoms with E-state index in [4.69, 9.17) is 15.2 Å². The third kappa shape index (κ3) is 4.75. The number of nitrogens with two attached hydrogens (primary N) is 1. The van der Waals surface area contributed by atoms with Gasteiger partial charge in [0.25, 0.3) is 5.91 Å². The van der Waals surface area contributed by atoms with Gasteiger partial charge in [0.1, 0.15) is 5.69 Å². The van der Waals surface area contributed by atoms with Crippen molar-refractivity contribution in [2.45, 2.75) is 12.8 Å². The molecule has 3 N–H and O–H groups in total. The van der Waals surface area contributed by atoms with Gasteiger partial charge in [0, 0.05) is 18.3 Å². The van der Waals surface area contributed by atoms with Gasteiger partial charge in [-0.25, -0.2) is 4.68 Å². The minimum absolute atomic E-state index is 0.172. The van der Waals surface area contributed by atoms with E-state index in [2.05, 4.69) is 10.4 Å². The molecule has 0 unspecified atom stereocenters. The molecule has 7 nitrogen and oxygen atoms in total. The SMILES string of the molecule is COc1ccc(-c2nn(-c3ccccc3)cc2C(=O)NCCCCN)cc1OC. The number of rotatable bonds is 9. The van der Waals surface area contributed by atoms with Crippen LogP contribution in [0.3, 0.4) is 0 Å². The van der Waals surface area contributed by atoms with Gasteiger partial charge in [-0.15, -0.1) is 0 Å². The fraction of sp³-hybridized carbons (Fsp3) is 0.273. The zero-order valence-corrected chi connectivity index (χ0v) is 16.7. The number of carbonyl (C=O) groups is 1. The van der Waals surface area contributed by atoms with Crippen LogP contribution in [-0.2, 0) is 0 Å². The molecule has 1 heterocycles. The molecule has 3 rings (SSSR count). The van der Waals surface area contributed by atoms with Crippen molar-refractivity contribution in [2.24, 2.45) is 5.73 Å². The topological polar surface area (TPSA) is 91.4 Å². The molecule has 0 aliphatic carbocycles. The summed E-state index contributed by atoms with van der Waals surface area (Å²) in [5.74, 6) is 1.02. The Hall–Kier alpha value is -3.32. The van der Waals surface area contributed by atoms with Crippen LogP contribution < -0.4 is 20.5 Å². The van der Waals surface area contributed by atoms with Crippen molar-refractivity contribution in [2.75, 3.05) is 27.3 Å². The van der Waals surface area contributed by atoms with E-state index < -0.39 is 0 Å². The lowest BCUT2D eigenvalue weighted by Gasteiger charge is -2.09. The molecule has 3 aromatic rings. The van der Waals surface area contributed by atoms with E-state index in [0.717, 1.165) is 24.1 Å². The van der Waals surface area contributed by atoms with Gasteiger partial charge in [0.2, 0.25) is 0 Å². The summed E-state index contributed by atoms with van der Waals surface area (Å²) >= 11 is 0. The number of hydrogen-bond donors (Lipinski definition) is 2. The van der Waals surface area contributed by atoms with Gasteiger partial charge in [-0.2, -0.15) is 5.10 Å². The monoisotopic (exact) mass is 394 g/mol. The molecular formula is C22H26N4O3. The second-order valence-corrected chi connectivity index (χ2v) is 6.49. The van der Waals surface area contributed by atoms with Crippen molar-refractivity contribution < 1.29 is 14.3 Å². The first-order chi connectivity index (χ1) is 14.2. The van der Waals surface area contributed by atoms with Crippen LogP contribution >= 0.6 is 0 Å². The molecule has 0 spiro atoms. The molecule has 0 aliphatic rings. The largest absolute Gasteiger partial charge is 0.493 e. The number of methoxy groups -OCH3 is 2. The summed E-state index contributed by atoms with van der Waals surface area (Å²) in [5, 5.41) is 7.64. The summed E-state index contributed by atoms with van der Waals surface area (Å²) in [5.41, 5.74) is 8.24. The van der Waals surface area contributed by atoms with E-state index in [1.165, 1.54) is 0 Å². The summed E-state index contributed by atoms with van der Waals surface area (Å²) in [6, 6.07) is 15.2. The number of carbonyl (C=O) groups excluding carboxylic acids is 1. The molecule has 1 amide bonds. The van der Waals surface area contributed by atoms with Crippen LogP contribution in [0, 0.1) is 0 Å². The minimum atomic E-state index is -0.172. The number of ether oxygens (including phenoxy) is 2. The van der Waals surface area contributed by atoms with Gasteiger partial charge in [0.05, 0.1) is 25.5 Å². The number of benzene rings is 2. The van der Waals surface area contributed by atoms with Crippen LogP contribution in [0.5, 0.6) is 11.5 Å². The number of unbranched alkanes of at least 4 members (excludes halogenated alkanes) is 1. The molecule has 0 aliphatic heterocycles. The Balaban J connectivity index is 2.00. The van der Waals surface area contributed by atoms with Crippen molar-refractivity contribution >= 4 is 5.91 Å². The molecule has 0 saturated heterocycles. The van der Waals surface area contributed by atoms with Crippen LogP contribution in [-0.4, -0.2) is 43.0 Å². The average molecular weight is 394 g/mol. The lowest BCUT2D eigenvalue weighted by atomic mass is 10.1. The molecular weight excluding hydrogens is 368 g/mol. The summed E-state index contributed by atoms with van der Waals surface area (Å²) in [7, 11) is 3.16. The van der Waals surface area contributed by atoms with Gasteiger partial charge in [-0.1, -0.05) is 18.2 Å². The smallest absolute Gasteiger partial charge is 0.255 e. The summed E-state index contributed by atoms with van der Waals surface area (Å²) in [6.45, 7) is 1.18. The number of amides is 1. The number of nitrogens with zero attached hydrogens (tertiary/aromatic N) is 2. The first-order valence-electron chi connectivity index (χ1n) is 9.53. The van der Waals surface area contributed by atoms with Crippen LogP contribution in [0.2, 0.25) is 0 Å². The third-order valence-corrected chi connectivity index (χ3v) is 4.55. The van der Waals surface area contributed by atoms with Crippen molar-refractivity contribution in [3.05, 3.63) is 60.3 Å². The Morgan fingerprint density at radius 3 is 2.52 bits per heavy atom. The molecule has 0 radical (unpaired) electrons. The fourth-order valence-electron chi connectivity index (χ4n) is 3.02. The summed E-state index contributed by atoms with van der Waals surface area (Å²) in [6.07, 6.45) is 3.45. The molecule has 2 aromatic carbocycles. The predicted molar refractivity (Wildman–Crippen MR) is 113 cm³/mol. The van der Waals surface area contributed by atoms with Crippen LogP contribution in [0.1, 0.15) is 23.2 Å². The molecule has 152 valence electrons. The number of nitrogens with one attached hydrogen (secondary N) is 1. The molecule has 7 heteroatoms. The minimum Gasteiger partial charge on any atom is -0.493 e. The van der Waals surface area contributed by atoms with E-state index in [0.29, 0.717) is 35.8 Å². The van der Waals surface area contributed by atoms with E-state index in [1.807, 2.05) is 42.5 Å². The van der Waals surface area contributed by atoms with Crippen LogP contribution in [0.15, 0.2) is 54.7 Å². The van der Waals surface area contributed by atoms with E-state index in [1.54, 1.807) is 31.2 Å². The van der Waals surface area contributed by atoms with Gasteiger partial charge in [-0.3, -0.25) is 4.79 Å². The molecule has 0 bridgehead atoms. The highest BCUT2D eigenvalue weighted by atomic mass is 16.5. The van der Waals surface area contributed by atoms with Gasteiger partial charge in [-0.05, 0) is 49.7 Å². The Kier molecular flexibility index (Phi) is 6.86. The highest BCUT2D eigenvalue weighted by Crippen LogP contribution is 2.33. The van der Waals surface area contributed by atoms with Crippen molar-refractivity contribution in [3.63, 3.8) is 0 Å². The number of para-hydroxylation sites is 1. The maximum absolute atomic E-state index is 12.9. The van der Waals surface area contributed by atoms with Crippen LogP contribution in [0.4, 0.5) is 0 Å². The molecule has 0 atom stereocenters. The van der Waals surface area contributed by atoms with Gasteiger partial charge < -0.3 is 20.5 Å². The molecule has 0 fully saturated rings. The van der Waals surface area contributed by atoms with E-state index in [-0.39, 0.29) is 5.91 Å². The zero-order valence-electron chi connectivity index (χ0n) is 16.7. The highest BCUT2D eigenvalue weighted by molar-refractivity contribution is 6.00. The van der Waals surface area contributed by atoms with Gasteiger partial charge in [0.15, 0.2) is 11.5 Å². The van der Waals surface area contributed by atoms with Crippen molar-refractivity contribution in [3.8, 4) is 28.4 Å². The zero-order chi connectivity index (χ0) is 20.6. The van der Waals surface area contributed by atoms with Crippen molar-refractivity contribution in [1.82, 2.24) is 15.1 Å². The Morgan fingerprint density at radius 2 is 1.83 bits per heavy atom. The number of hydrogen-bond acceptors (Lipinski definition) is 5. The highest BCUT2D eigenvalue weighted by Gasteiger charge is 2.19.